The third kappa shape index (κ3) is 2.78. The summed E-state index contributed by atoms with van der Waals surface area (Å²) in [5.74, 6) is 0.0287. The van der Waals surface area contributed by atoms with Crippen LogP contribution in [0.5, 0.6) is 0 Å². The Kier molecular flexibility index (Phi) is 4.07. The van der Waals surface area contributed by atoms with Crippen molar-refractivity contribution in [2.24, 2.45) is 5.41 Å². The SMILES string of the molecule is Cc1ccc2nc(NC(=O)C3(C)CC3(c3ccccc3)c3ccccc3)sc2c1. The van der Waals surface area contributed by atoms with Crippen molar-refractivity contribution in [2.45, 2.75) is 25.7 Å². The van der Waals surface area contributed by atoms with Gasteiger partial charge in [-0.25, -0.2) is 4.98 Å². The van der Waals surface area contributed by atoms with Crippen LogP contribution in [0.15, 0.2) is 78.9 Å². The zero-order valence-electron chi connectivity index (χ0n) is 16.5. The number of rotatable bonds is 4. The summed E-state index contributed by atoms with van der Waals surface area (Å²) in [7, 11) is 0. The fourth-order valence-electron chi connectivity index (χ4n) is 4.53. The van der Waals surface area contributed by atoms with E-state index in [4.69, 9.17) is 0 Å². The van der Waals surface area contributed by atoms with Crippen LogP contribution in [0.3, 0.4) is 0 Å². The molecule has 3 aromatic carbocycles. The van der Waals surface area contributed by atoms with Crippen molar-refractivity contribution < 1.29 is 4.79 Å². The van der Waals surface area contributed by atoms with E-state index in [1.807, 2.05) is 48.5 Å². The summed E-state index contributed by atoms with van der Waals surface area (Å²) in [4.78, 5) is 18.1. The Labute approximate surface area is 174 Å². The van der Waals surface area contributed by atoms with Crippen LogP contribution in [0.4, 0.5) is 5.13 Å². The number of nitrogens with zero attached hydrogens (tertiary/aromatic N) is 1. The molecule has 0 bridgehead atoms. The molecule has 4 aromatic rings. The molecule has 1 N–H and O–H groups in total. The highest BCUT2D eigenvalue weighted by molar-refractivity contribution is 7.22. The molecule has 0 radical (unpaired) electrons. The summed E-state index contributed by atoms with van der Waals surface area (Å²) < 4.78 is 1.10. The first-order valence-electron chi connectivity index (χ1n) is 9.83. The predicted molar refractivity (Wildman–Crippen MR) is 119 cm³/mol. The number of aromatic nitrogens is 1. The molecule has 1 atom stereocenters. The Morgan fingerprint density at radius 2 is 1.59 bits per heavy atom. The molecule has 5 rings (SSSR count). The fourth-order valence-corrected chi connectivity index (χ4v) is 5.49. The minimum atomic E-state index is -0.524. The number of amides is 1. The van der Waals surface area contributed by atoms with Gasteiger partial charge in [0.05, 0.1) is 15.6 Å². The van der Waals surface area contributed by atoms with Gasteiger partial charge in [0.1, 0.15) is 0 Å². The molecule has 1 unspecified atom stereocenters. The molecule has 29 heavy (non-hydrogen) atoms. The van der Waals surface area contributed by atoms with E-state index in [1.54, 1.807) is 0 Å². The first-order valence-corrected chi connectivity index (χ1v) is 10.6. The molecular formula is C25H22N2OS. The van der Waals surface area contributed by atoms with Gasteiger partial charge in [-0.2, -0.15) is 0 Å². The average Bonchev–Trinajstić information content (AvgIpc) is 3.22. The molecular weight excluding hydrogens is 376 g/mol. The summed E-state index contributed by atoms with van der Waals surface area (Å²) in [6.07, 6.45) is 0.782. The molecule has 0 saturated heterocycles. The van der Waals surface area contributed by atoms with E-state index < -0.39 is 5.41 Å². The Bertz CT molecular complexity index is 1160. The number of nitrogens with one attached hydrogen (secondary N) is 1. The minimum Gasteiger partial charge on any atom is -0.301 e. The molecule has 144 valence electrons. The second-order valence-corrected chi connectivity index (χ2v) is 9.12. The maximum absolute atomic E-state index is 13.5. The largest absolute Gasteiger partial charge is 0.301 e. The number of anilines is 1. The zero-order chi connectivity index (χ0) is 20.1. The van der Waals surface area contributed by atoms with Gasteiger partial charge in [0.15, 0.2) is 5.13 Å². The maximum Gasteiger partial charge on any atom is 0.233 e. The fraction of sp³-hybridized carbons (Fsp3) is 0.200. The molecule has 0 aliphatic heterocycles. The molecule has 3 nitrogen and oxygen atoms in total. The van der Waals surface area contributed by atoms with Crippen molar-refractivity contribution in [1.29, 1.82) is 0 Å². The number of hydrogen-bond donors (Lipinski definition) is 1. The highest BCUT2D eigenvalue weighted by Crippen LogP contribution is 2.68. The van der Waals surface area contributed by atoms with Crippen molar-refractivity contribution in [1.82, 2.24) is 4.98 Å². The second-order valence-electron chi connectivity index (χ2n) is 8.09. The van der Waals surface area contributed by atoms with Crippen LogP contribution in [-0.4, -0.2) is 10.9 Å². The smallest absolute Gasteiger partial charge is 0.233 e. The Hall–Kier alpha value is -2.98. The van der Waals surface area contributed by atoms with Crippen LogP contribution in [0.1, 0.15) is 30.0 Å². The lowest BCUT2D eigenvalue weighted by molar-refractivity contribution is -0.121. The van der Waals surface area contributed by atoms with E-state index in [1.165, 1.54) is 28.0 Å². The lowest BCUT2D eigenvalue weighted by Gasteiger charge is -2.23. The zero-order valence-corrected chi connectivity index (χ0v) is 17.3. The number of thiazole rings is 1. The number of benzene rings is 3. The molecule has 1 fully saturated rings. The van der Waals surface area contributed by atoms with Crippen LogP contribution in [-0.2, 0) is 10.2 Å². The third-order valence-corrected chi connectivity index (χ3v) is 7.17. The summed E-state index contributed by atoms with van der Waals surface area (Å²) in [6.45, 7) is 4.14. The minimum absolute atomic E-state index is 0.0287. The van der Waals surface area contributed by atoms with Crippen molar-refractivity contribution in [3.8, 4) is 0 Å². The van der Waals surface area contributed by atoms with Crippen molar-refractivity contribution in [3.05, 3.63) is 95.6 Å². The molecule has 0 spiro atoms. The van der Waals surface area contributed by atoms with Gasteiger partial charge in [-0.05, 0) is 49.1 Å². The van der Waals surface area contributed by atoms with Crippen LogP contribution in [0, 0.1) is 12.3 Å². The molecule has 1 amide bonds. The highest BCUT2D eigenvalue weighted by atomic mass is 32.1. The Morgan fingerprint density at radius 3 is 2.21 bits per heavy atom. The molecule has 1 heterocycles. The molecule has 1 aromatic heterocycles. The number of carbonyl (C=O) groups excluding carboxylic acids is 1. The van der Waals surface area contributed by atoms with Crippen molar-refractivity contribution in [2.75, 3.05) is 5.32 Å². The quantitative estimate of drug-likeness (QED) is 0.462. The van der Waals surface area contributed by atoms with Gasteiger partial charge >= 0.3 is 0 Å². The summed E-state index contributed by atoms with van der Waals surface area (Å²) >= 11 is 1.53. The van der Waals surface area contributed by atoms with Gasteiger partial charge in [-0.3, -0.25) is 4.79 Å². The van der Waals surface area contributed by atoms with Crippen molar-refractivity contribution >= 4 is 32.6 Å². The highest BCUT2D eigenvalue weighted by Gasteiger charge is 2.70. The summed E-state index contributed by atoms with van der Waals surface area (Å²) in [6, 6.07) is 26.9. The van der Waals surface area contributed by atoms with Crippen molar-refractivity contribution in [3.63, 3.8) is 0 Å². The molecule has 1 aliphatic carbocycles. The topological polar surface area (TPSA) is 42.0 Å². The first kappa shape index (κ1) is 18.1. The van der Waals surface area contributed by atoms with E-state index in [2.05, 4.69) is 54.5 Å². The number of hydrogen-bond acceptors (Lipinski definition) is 3. The van der Waals surface area contributed by atoms with E-state index in [0.29, 0.717) is 5.13 Å². The summed E-state index contributed by atoms with van der Waals surface area (Å²) in [5.41, 5.74) is 3.65. The van der Waals surface area contributed by atoms with Crippen LogP contribution in [0.2, 0.25) is 0 Å². The Balaban J connectivity index is 1.51. The lowest BCUT2D eigenvalue weighted by Crippen LogP contribution is -2.30. The monoisotopic (exact) mass is 398 g/mol. The maximum atomic E-state index is 13.5. The van der Waals surface area contributed by atoms with E-state index in [9.17, 15) is 4.79 Å². The number of aryl methyl sites for hydroxylation is 1. The van der Waals surface area contributed by atoms with E-state index in [-0.39, 0.29) is 11.3 Å². The number of fused-ring (bicyclic) bond motifs is 1. The van der Waals surface area contributed by atoms with E-state index >= 15 is 0 Å². The van der Waals surface area contributed by atoms with Gasteiger partial charge in [-0.1, -0.05) is 78.1 Å². The number of carbonyl (C=O) groups is 1. The van der Waals surface area contributed by atoms with Gasteiger partial charge in [0.2, 0.25) is 5.91 Å². The third-order valence-electron chi connectivity index (χ3n) is 6.23. The Morgan fingerprint density at radius 1 is 0.966 bits per heavy atom. The van der Waals surface area contributed by atoms with Gasteiger partial charge in [-0.15, -0.1) is 0 Å². The van der Waals surface area contributed by atoms with Crippen LogP contribution >= 0.6 is 11.3 Å². The predicted octanol–water partition coefficient (Wildman–Crippen LogP) is 5.94. The molecule has 1 aliphatic rings. The molecule has 4 heteroatoms. The lowest BCUT2D eigenvalue weighted by atomic mass is 9.80. The van der Waals surface area contributed by atoms with Gasteiger partial charge in [0.25, 0.3) is 0 Å². The van der Waals surface area contributed by atoms with Crippen LogP contribution < -0.4 is 5.32 Å². The standard InChI is InChI=1S/C25H22N2OS/c1-17-13-14-20-21(15-17)29-23(26-20)27-22(28)24(2)16-25(24,18-9-5-3-6-10-18)19-11-7-4-8-12-19/h3-15H,16H2,1-2H3,(H,26,27,28). The second kappa shape index (κ2) is 6.53. The molecule has 1 saturated carbocycles. The van der Waals surface area contributed by atoms with Gasteiger partial charge < -0.3 is 5.32 Å². The average molecular weight is 399 g/mol. The van der Waals surface area contributed by atoms with Crippen LogP contribution in [0.25, 0.3) is 10.2 Å². The summed E-state index contributed by atoms with van der Waals surface area (Å²) in [5, 5.41) is 3.78. The normalized spacial score (nSPS) is 19.8. The van der Waals surface area contributed by atoms with E-state index in [0.717, 1.165) is 16.6 Å². The first-order chi connectivity index (χ1) is 14.0. The van der Waals surface area contributed by atoms with Gasteiger partial charge in [0, 0.05) is 5.41 Å².